The summed E-state index contributed by atoms with van der Waals surface area (Å²) in [6, 6.07) is 1.23. The van der Waals surface area contributed by atoms with Gasteiger partial charge in [0, 0.05) is 6.54 Å². The Balaban J connectivity index is 1.61. The highest BCUT2D eigenvalue weighted by Crippen LogP contribution is 2.27. The summed E-state index contributed by atoms with van der Waals surface area (Å²) in [4.78, 5) is 25.4. The van der Waals surface area contributed by atoms with Crippen LogP contribution in [0, 0.1) is 6.92 Å². The summed E-state index contributed by atoms with van der Waals surface area (Å²) >= 11 is 1.15. The Kier molecular flexibility index (Phi) is 4.89. The van der Waals surface area contributed by atoms with Crippen molar-refractivity contribution < 1.29 is 18.4 Å². The molecule has 1 fully saturated rings. The number of amides is 2. The first-order chi connectivity index (χ1) is 11.6. The highest BCUT2D eigenvalue weighted by Gasteiger charge is 2.30. The molecule has 2 amide bonds. The molecule has 1 aliphatic rings. The van der Waals surface area contributed by atoms with Crippen molar-refractivity contribution in [1.82, 2.24) is 15.1 Å². The van der Waals surface area contributed by atoms with Gasteiger partial charge in [-0.3, -0.25) is 9.59 Å². The van der Waals surface area contributed by atoms with Crippen LogP contribution in [0.5, 0.6) is 0 Å². The van der Waals surface area contributed by atoms with Crippen molar-refractivity contribution >= 4 is 23.6 Å². The van der Waals surface area contributed by atoms with E-state index >= 15 is 0 Å². The number of nitrogens with zero attached hydrogens (tertiary/aromatic N) is 3. The predicted molar refractivity (Wildman–Crippen MR) is 86.0 cm³/mol. The van der Waals surface area contributed by atoms with Crippen LogP contribution in [-0.2, 0) is 9.59 Å². The van der Waals surface area contributed by atoms with Crippen molar-refractivity contribution in [2.24, 2.45) is 5.73 Å². The molecule has 24 heavy (non-hydrogen) atoms. The Hall–Kier alpha value is -2.29. The van der Waals surface area contributed by atoms with Crippen molar-refractivity contribution in [3.05, 3.63) is 18.1 Å². The minimum Gasteiger partial charge on any atom is -0.469 e. The molecule has 9 heteroatoms. The molecule has 2 aromatic rings. The summed E-state index contributed by atoms with van der Waals surface area (Å²) in [5.41, 5.74) is 6.11. The molecule has 1 aliphatic heterocycles. The van der Waals surface area contributed by atoms with Gasteiger partial charge in [0.25, 0.3) is 11.1 Å². The average Bonchev–Trinajstić information content (AvgIpc) is 3.21. The van der Waals surface area contributed by atoms with Gasteiger partial charge in [-0.15, -0.1) is 10.2 Å². The standard InChI is InChI=1S/C15H18N4O4S/c1-9-10(5-7-22-9)14-17-18-15(23-14)24-8-12(20)19-6-3-2-4-11(19)13(16)21/h5,7,11H,2-4,6,8H2,1H3,(H2,16,21)/t11-/m1/s1. The molecule has 3 heterocycles. The SMILES string of the molecule is Cc1occc1-c1nnc(SCC(=O)N2CCCC[C@@H]2C(N)=O)o1. The van der Waals surface area contributed by atoms with Gasteiger partial charge in [0.05, 0.1) is 17.6 Å². The smallest absolute Gasteiger partial charge is 0.277 e. The van der Waals surface area contributed by atoms with Crippen LogP contribution in [0.25, 0.3) is 11.5 Å². The molecule has 0 aromatic carbocycles. The first kappa shape index (κ1) is 16.6. The zero-order valence-corrected chi connectivity index (χ0v) is 14.0. The number of likely N-dealkylation sites (tertiary alicyclic amines) is 1. The molecule has 128 valence electrons. The number of thioether (sulfide) groups is 1. The second kappa shape index (κ2) is 7.08. The van der Waals surface area contributed by atoms with Gasteiger partial charge in [-0.25, -0.2) is 0 Å². The zero-order chi connectivity index (χ0) is 17.1. The molecular weight excluding hydrogens is 332 g/mol. The van der Waals surface area contributed by atoms with Gasteiger partial charge in [0.1, 0.15) is 11.8 Å². The number of furan rings is 1. The van der Waals surface area contributed by atoms with Gasteiger partial charge in [-0.2, -0.15) is 0 Å². The molecule has 0 radical (unpaired) electrons. The van der Waals surface area contributed by atoms with Crippen molar-refractivity contribution in [3.63, 3.8) is 0 Å². The molecule has 2 N–H and O–H groups in total. The summed E-state index contributed by atoms with van der Waals surface area (Å²) in [5, 5.41) is 8.18. The van der Waals surface area contributed by atoms with E-state index in [1.54, 1.807) is 24.2 Å². The lowest BCUT2D eigenvalue weighted by Gasteiger charge is -2.33. The molecular formula is C15H18N4O4S. The number of hydrogen-bond acceptors (Lipinski definition) is 7. The average molecular weight is 350 g/mol. The first-order valence-corrected chi connectivity index (χ1v) is 8.64. The Labute approximate surface area is 142 Å². The van der Waals surface area contributed by atoms with Crippen molar-refractivity contribution in [3.8, 4) is 11.5 Å². The lowest BCUT2D eigenvalue weighted by molar-refractivity contribution is -0.138. The van der Waals surface area contributed by atoms with Crippen molar-refractivity contribution in [2.75, 3.05) is 12.3 Å². The van der Waals surface area contributed by atoms with Crippen molar-refractivity contribution in [2.45, 2.75) is 37.5 Å². The van der Waals surface area contributed by atoms with Crippen LogP contribution in [0.4, 0.5) is 0 Å². The number of carbonyl (C=O) groups excluding carboxylic acids is 2. The molecule has 0 spiro atoms. The molecule has 0 aliphatic carbocycles. The number of nitrogens with two attached hydrogens (primary N) is 1. The fourth-order valence-corrected chi connectivity index (χ4v) is 3.37. The monoisotopic (exact) mass is 350 g/mol. The molecule has 0 saturated carbocycles. The quantitative estimate of drug-likeness (QED) is 0.814. The second-order valence-corrected chi connectivity index (χ2v) is 6.48. The lowest BCUT2D eigenvalue weighted by atomic mass is 10.0. The molecule has 2 aromatic heterocycles. The Morgan fingerprint density at radius 2 is 2.25 bits per heavy atom. The van der Waals surface area contributed by atoms with E-state index in [-0.39, 0.29) is 11.7 Å². The van der Waals surface area contributed by atoms with Crippen LogP contribution in [0.3, 0.4) is 0 Å². The third-order valence-corrected chi connectivity index (χ3v) is 4.77. The number of aromatic nitrogens is 2. The molecule has 0 bridgehead atoms. The van der Waals surface area contributed by atoms with Crippen molar-refractivity contribution in [1.29, 1.82) is 0 Å². The van der Waals surface area contributed by atoms with Crippen LogP contribution >= 0.6 is 11.8 Å². The Morgan fingerprint density at radius 1 is 1.42 bits per heavy atom. The molecule has 1 atom stereocenters. The third kappa shape index (κ3) is 3.45. The van der Waals surface area contributed by atoms with E-state index < -0.39 is 11.9 Å². The number of primary amides is 1. The number of aryl methyl sites for hydroxylation is 1. The first-order valence-electron chi connectivity index (χ1n) is 7.66. The number of piperidine rings is 1. The van der Waals surface area contributed by atoms with Crippen LogP contribution < -0.4 is 5.73 Å². The summed E-state index contributed by atoms with van der Waals surface area (Å²) in [7, 11) is 0. The largest absolute Gasteiger partial charge is 0.469 e. The summed E-state index contributed by atoms with van der Waals surface area (Å²) in [5.74, 6) is 0.551. The topological polar surface area (TPSA) is 115 Å². The van der Waals surface area contributed by atoms with Crippen LogP contribution in [0.2, 0.25) is 0 Å². The van der Waals surface area contributed by atoms with Gasteiger partial charge in [-0.05, 0) is 32.3 Å². The fraction of sp³-hybridized carbons (Fsp3) is 0.467. The lowest BCUT2D eigenvalue weighted by Crippen LogP contribution is -2.51. The van der Waals surface area contributed by atoms with E-state index in [1.165, 1.54) is 0 Å². The summed E-state index contributed by atoms with van der Waals surface area (Å²) in [6.07, 6.45) is 3.95. The van der Waals surface area contributed by atoms with Crippen LogP contribution in [0.15, 0.2) is 26.4 Å². The van der Waals surface area contributed by atoms with E-state index in [4.69, 9.17) is 14.6 Å². The van der Waals surface area contributed by atoms with E-state index in [0.29, 0.717) is 29.8 Å². The van der Waals surface area contributed by atoms with Gasteiger partial charge in [0.15, 0.2) is 0 Å². The van der Waals surface area contributed by atoms with Gasteiger partial charge in [0.2, 0.25) is 11.8 Å². The second-order valence-electron chi connectivity index (χ2n) is 5.55. The molecule has 3 rings (SSSR count). The van der Waals surface area contributed by atoms with E-state index in [0.717, 1.165) is 30.2 Å². The predicted octanol–water partition coefficient (Wildman–Crippen LogP) is 1.60. The maximum absolute atomic E-state index is 12.4. The minimum absolute atomic E-state index is 0.121. The van der Waals surface area contributed by atoms with Crippen LogP contribution in [-0.4, -0.2) is 45.3 Å². The molecule has 8 nitrogen and oxygen atoms in total. The third-order valence-electron chi connectivity index (χ3n) is 3.97. The Morgan fingerprint density at radius 3 is 2.96 bits per heavy atom. The number of hydrogen-bond donors (Lipinski definition) is 1. The molecule has 0 unspecified atom stereocenters. The zero-order valence-electron chi connectivity index (χ0n) is 13.2. The minimum atomic E-state index is -0.515. The van der Waals surface area contributed by atoms with Gasteiger partial charge < -0.3 is 19.5 Å². The molecule has 1 saturated heterocycles. The van der Waals surface area contributed by atoms with E-state index in [9.17, 15) is 9.59 Å². The number of rotatable bonds is 5. The van der Waals surface area contributed by atoms with E-state index in [1.807, 2.05) is 0 Å². The maximum atomic E-state index is 12.4. The highest BCUT2D eigenvalue weighted by atomic mass is 32.2. The number of carbonyl (C=O) groups is 2. The summed E-state index contributed by atoms with van der Waals surface area (Å²) < 4.78 is 10.7. The summed E-state index contributed by atoms with van der Waals surface area (Å²) in [6.45, 7) is 2.35. The Bertz CT molecular complexity index is 741. The maximum Gasteiger partial charge on any atom is 0.277 e. The van der Waals surface area contributed by atoms with E-state index in [2.05, 4.69) is 10.2 Å². The fourth-order valence-electron chi connectivity index (χ4n) is 2.72. The van der Waals surface area contributed by atoms with Gasteiger partial charge >= 0.3 is 0 Å². The van der Waals surface area contributed by atoms with Gasteiger partial charge in [-0.1, -0.05) is 11.8 Å². The highest BCUT2D eigenvalue weighted by molar-refractivity contribution is 7.99. The normalized spacial score (nSPS) is 17.9. The van der Waals surface area contributed by atoms with Crippen LogP contribution in [0.1, 0.15) is 25.0 Å².